The molecule has 0 atom stereocenters. The Hall–Kier alpha value is 0.700. The monoisotopic (exact) mass is 150 g/mol. The highest BCUT2D eigenvalue weighted by Gasteiger charge is 1.83. The van der Waals surface area contributed by atoms with Gasteiger partial charge in [0.1, 0.15) is 0 Å². The predicted molar refractivity (Wildman–Crippen MR) is 46.1 cm³/mol. The third kappa shape index (κ3) is 6.70. The van der Waals surface area contributed by atoms with E-state index in [0.29, 0.717) is 0 Å². The van der Waals surface area contributed by atoms with Crippen LogP contribution in [0.25, 0.3) is 0 Å². The van der Waals surface area contributed by atoms with Crippen molar-refractivity contribution in [3.8, 4) is 0 Å². The van der Waals surface area contributed by atoms with Crippen LogP contribution >= 0.6 is 24.4 Å². The van der Waals surface area contributed by atoms with Crippen LogP contribution in [0, 0.1) is 0 Å². The maximum Gasteiger partial charge on any atom is -0.00598 e. The van der Waals surface area contributed by atoms with Gasteiger partial charge in [-0.25, -0.2) is 0 Å². The molecule has 0 aromatic carbocycles. The van der Waals surface area contributed by atoms with Gasteiger partial charge in [-0.15, -0.1) is 0 Å². The van der Waals surface area contributed by atoms with E-state index in [9.17, 15) is 0 Å². The Kier molecular flexibility index (Phi) is 8.37. The third-order valence-electron chi connectivity index (χ3n) is 0.795. The highest BCUT2D eigenvalue weighted by Crippen LogP contribution is 2.03. The maximum atomic E-state index is 4.11. The first-order valence-corrected chi connectivity index (χ1v) is 4.89. The van der Waals surface area contributed by atoms with Gasteiger partial charge >= 0.3 is 0 Å². The first-order valence-electron chi connectivity index (χ1n) is 3.10. The second-order valence-electron chi connectivity index (χ2n) is 1.69. The molecule has 0 saturated heterocycles. The van der Waals surface area contributed by atoms with Crippen LogP contribution in [0.5, 0.6) is 0 Å². The zero-order chi connectivity index (χ0) is 6.24. The molecule has 0 spiro atoms. The normalized spacial score (nSPS) is 9.75. The molecule has 0 radical (unpaired) electrons. The van der Waals surface area contributed by atoms with Crippen molar-refractivity contribution >= 4 is 24.4 Å². The molecule has 0 fully saturated rings. The minimum atomic E-state index is 1.04. The van der Waals surface area contributed by atoms with E-state index in [1.807, 2.05) is 11.8 Å². The van der Waals surface area contributed by atoms with Crippen LogP contribution in [0.15, 0.2) is 0 Å². The smallest absolute Gasteiger partial charge is 0.00598 e. The Morgan fingerprint density at radius 1 is 1.38 bits per heavy atom. The molecular weight excluding hydrogens is 136 g/mol. The minimum absolute atomic E-state index is 1.04. The molecule has 0 aliphatic carbocycles. The van der Waals surface area contributed by atoms with Gasteiger partial charge in [0.25, 0.3) is 0 Å². The lowest BCUT2D eigenvalue weighted by Crippen LogP contribution is -1.81. The molecule has 0 aliphatic heterocycles. The summed E-state index contributed by atoms with van der Waals surface area (Å²) in [5.41, 5.74) is 0. The van der Waals surface area contributed by atoms with Crippen molar-refractivity contribution in [1.29, 1.82) is 0 Å². The van der Waals surface area contributed by atoms with E-state index < -0.39 is 0 Å². The molecule has 0 bridgehead atoms. The van der Waals surface area contributed by atoms with E-state index in [-0.39, 0.29) is 0 Å². The van der Waals surface area contributed by atoms with Crippen molar-refractivity contribution in [2.24, 2.45) is 0 Å². The molecule has 0 heterocycles. The Bertz CT molecular complexity index is 31.5. The molecule has 8 heavy (non-hydrogen) atoms. The first kappa shape index (κ1) is 8.70. The fourth-order valence-electron chi connectivity index (χ4n) is 0.413. The van der Waals surface area contributed by atoms with Crippen LogP contribution in [0.1, 0.15) is 19.8 Å². The summed E-state index contributed by atoms with van der Waals surface area (Å²) in [6.07, 6.45) is 2.56. The fourth-order valence-corrected chi connectivity index (χ4v) is 1.63. The van der Waals surface area contributed by atoms with Crippen molar-refractivity contribution < 1.29 is 0 Å². The second-order valence-corrected chi connectivity index (χ2v) is 3.36. The Balaban J connectivity index is 2.53. The van der Waals surface area contributed by atoms with Crippen LogP contribution in [0.3, 0.4) is 0 Å². The van der Waals surface area contributed by atoms with E-state index in [1.165, 1.54) is 24.3 Å². The maximum absolute atomic E-state index is 4.11. The lowest BCUT2D eigenvalue weighted by atomic mass is 10.6. The van der Waals surface area contributed by atoms with Crippen molar-refractivity contribution in [1.82, 2.24) is 0 Å². The van der Waals surface area contributed by atoms with Crippen LogP contribution in [0.2, 0.25) is 0 Å². The van der Waals surface area contributed by atoms with Crippen molar-refractivity contribution in [3.05, 3.63) is 0 Å². The van der Waals surface area contributed by atoms with E-state index in [4.69, 9.17) is 0 Å². The number of hydrogen-bond donors (Lipinski definition) is 1. The standard InChI is InChI=1S/C6H14S2/c1-2-5-8-6-3-4-7/h7H,2-6H2,1H3. The summed E-state index contributed by atoms with van der Waals surface area (Å²) < 4.78 is 0. The first-order chi connectivity index (χ1) is 3.91. The minimum Gasteiger partial charge on any atom is -0.179 e. The molecule has 50 valence electrons. The summed E-state index contributed by atoms with van der Waals surface area (Å²) >= 11 is 6.14. The summed E-state index contributed by atoms with van der Waals surface area (Å²) in [5.74, 6) is 3.64. The summed E-state index contributed by atoms with van der Waals surface area (Å²) in [7, 11) is 0. The van der Waals surface area contributed by atoms with Crippen LogP contribution in [-0.4, -0.2) is 17.3 Å². The highest BCUT2D eigenvalue weighted by atomic mass is 32.2. The average Bonchev–Trinajstić information content (AvgIpc) is 1.81. The summed E-state index contributed by atoms with van der Waals surface area (Å²) in [4.78, 5) is 0. The van der Waals surface area contributed by atoms with Gasteiger partial charge < -0.3 is 0 Å². The van der Waals surface area contributed by atoms with Gasteiger partial charge in [-0.3, -0.25) is 0 Å². The Morgan fingerprint density at radius 2 is 2.12 bits per heavy atom. The molecule has 0 saturated carbocycles. The molecule has 0 aromatic rings. The third-order valence-corrected chi connectivity index (χ3v) is 2.39. The Labute approximate surface area is 61.8 Å². The zero-order valence-electron chi connectivity index (χ0n) is 5.39. The predicted octanol–water partition coefficient (Wildman–Crippen LogP) is 2.45. The SMILES string of the molecule is CCCSCCCS. The lowest BCUT2D eigenvalue weighted by molar-refractivity contribution is 1.08. The van der Waals surface area contributed by atoms with E-state index in [0.717, 1.165) is 5.75 Å². The van der Waals surface area contributed by atoms with E-state index in [1.54, 1.807) is 0 Å². The number of hydrogen-bond acceptors (Lipinski definition) is 2. The van der Waals surface area contributed by atoms with Gasteiger partial charge in [0, 0.05) is 0 Å². The van der Waals surface area contributed by atoms with Crippen LogP contribution in [-0.2, 0) is 0 Å². The summed E-state index contributed by atoms with van der Waals surface area (Å²) in [6.45, 7) is 2.22. The van der Waals surface area contributed by atoms with Crippen molar-refractivity contribution in [3.63, 3.8) is 0 Å². The molecule has 0 nitrogen and oxygen atoms in total. The van der Waals surface area contributed by atoms with Gasteiger partial charge in [-0.1, -0.05) is 6.92 Å². The van der Waals surface area contributed by atoms with Crippen LogP contribution in [0.4, 0.5) is 0 Å². The topological polar surface area (TPSA) is 0 Å². The quantitative estimate of drug-likeness (QED) is 0.464. The molecule has 0 amide bonds. The largest absolute Gasteiger partial charge is 0.179 e. The molecule has 0 aromatic heterocycles. The van der Waals surface area contributed by atoms with Gasteiger partial charge in [0.2, 0.25) is 0 Å². The zero-order valence-corrected chi connectivity index (χ0v) is 7.10. The Morgan fingerprint density at radius 3 is 2.62 bits per heavy atom. The highest BCUT2D eigenvalue weighted by molar-refractivity contribution is 7.99. The van der Waals surface area contributed by atoms with Gasteiger partial charge in [0.15, 0.2) is 0 Å². The fraction of sp³-hybridized carbons (Fsp3) is 1.00. The average molecular weight is 150 g/mol. The number of thioether (sulfide) groups is 1. The van der Waals surface area contributed by atoms with Gasteiger partial charge in [-0.05, 0) is 30.1 Å². The number of rotatable bonds is 5. The van der Waals surface area contributed by atoms with E-state index >= 15 is 0 Å². The molecular formula is C6H14S2. The molecule has 0 aliphatic rings. The lowest BCUT2D eigenvalue weighted by Gasteiger charge is -1.93. The summed E-state index contributed by atoms with van der Waals surface area (Å²) in [5, 5.41) is 0. The van der Waals surface area contributed by atoms with Gasteiger partial charge in [0.05, 0.1) is 0 Å². The van der Waals surface area contributed by atoms with Gasteiger partial charge in [-0.2, -0.15) is 24.4 Å². The molecule has 0 rings (SSSR count). The van der Waals surface area contributed by atoms with Crippen molar-refractivity contribution in [2.45, 2.75) is 19.8 Å². The van der Waals surface area contributed by atoms with E-state index in [2.05, 4.69) is 19.6 Å². The summed E-state index contributed by atoms with van der Waals surface area (Å²) in [6, 6.07) is 0. The molecule has 0 unspecified atom stereocenters. The second kappa shape index (κ2) is 7.70. The van der Waals surface area contributed by atoms with Crippen LogP contribution < -0.4 is 0 Å². The molecule has 0 N–H and O–H groups in total. The molecule has 2 heteroatoms. The number of thiol groups is 1. The van der Waals surface area contributed by atoms with Crippen molar-refractivity contribution in [2.75, 3.05) is 17.3 Å².